The van der Waals surface area contributed by atoms with Crippen LogP contribution in [0.2, 0.25) is 0 Å². The third kappa shape index (κ3) is 3.14. The van der Waals surface area contributed by atoms with Gasteiger partial charge in [0, 0.05) is 13.0 Å². The van der Waals surface area contributed by atoms with Crippen LogP contribution in [0.5, 0.6) is 0 Å². The molecule has 0 aromatic carbocycles. The Labute approximate surface area is 82.1 Å². The second kappa shape index (κ2) is 5.33. The number of ether oxygens (including phenoxy) is 1. The topological polar surface area (TPSA) is 79.9 Å². The van der Waals surface area contributed by atoms with Crippen LogP contribution in [0, 0.1) is 0 Å². The quantitative estimate of drug-likeness (QED) is 0.623. The van der Waals surface area contributed by atoms with E-state index >= 15 is 0 Å². The summed E-state index contributed by atoms with van der Waals surface area (Å²) >= 11 is 0. The van der Waals surface area contributed by atoms with Crippen molar-refractivity contribution in [1.82, 2.24) is 20.5 Å². The molecular weight excluding hydrogens is 184 g/mol. The molecule has 1 aromatic heterocycles. The Morgan fingerprint density at radius 1 is 1.79 bits per heavy atom. The van der Waals surface area contributed by atoms with Crippen molar-refractivity contribution < 1.29 is 9.53 Å². The van der Waals surface area contributed by atoms with E-state index in [1.54, 1.807) is 6.92 Å². The van der Waals surface area contributed by atoms with Gasteiger partial charge >= 0.3 is 5.97 Å². The lowest BCUT2D eigenvalue weighted by Crippen LogP contribution is -2.36. The lowest BCUT2D eigenvalue weighted by molar-refractivity contribution is -0.142. The predicted molar refractivity (Wildman–Crippen MR) is 49.6 cm³/mol. The summed E-state index contributed by atoms with van der Waals surface area (Å²) in [4.78, 5) is 14.9. The molecular formula is C8H14N4O2. The fourth-order valence-corrected chi connectivity index (χ4v) is 1.02. The lowest BCUT2D eigenvalue weighted by atomic mass is 10.3. The summed E-state index contributed by atoms with van der Waals surface area (Å²) in [5.41, 5.74) is 0. The summed E-state index contributed by atoms with van der Waals surface area (Å²) in [6, 6.07) is -0.289. The van der Waals surface area contributed by atoms with Gasteiger partial charge in [-0.15, -0.1) is 0 Å². The lowest BCUT2D eigenvalue weighted by Gasteiger charge is -2.09. The molecule has 78 valence electrons. The van der Waals surface area contributed by atoms with Crippen LogP contribution in [0.1, 0.15) is 12.7 Å². The van der Waals surface area contributed by atoms with Crippen molar-refractivity contribution in [2.45, 2.75) is 19.4 Å². The molecule has 14 heavy (non-hydrogen) atoms. The highest BCUT2D eigenvalue weighted by Gasteiger charge is 2.11. The number of methoxy groups -OCH3 is 1. The standard InChI is InChI=1S/C8H14N4O2/c1-6(8(13)14-2)9-4-3-7-10-5-11-12-7/h5-6,9H,3-4H2,1-2H3,(H,10,11,12). The molecule has 0 saturated carbocycles. The molecule has 1 atom stereocenters. The number of carbonyl (C=O) groups is 1. The van der Waals surface area contributed by atoms with Gasteiger partial charge in [0.1, 0.15) is 18.2 Å². The number of carbonyl (C=O) groups excluding carboxylic acids is 1. The number of aromatic amines is 1. The maximum atomic E-state index is 11.0. The van der Waals surface area contributed by atoms with E-state index in [0.29, 0.717) is 13.0 Å². The van der Waals surface area contributed by atoms with Crippen LogP contribution in [0.3, 0.4) is 0 Å². The first-order valence-electron chi connectivity index (χ1n) is 4.39. The van der Waals surface area contributed by atoms with Crippen LogP contribution in [0.4, 0.5) is 0 Å². The fourth-order valence-electron chi connectivity index (χ4n) is 1.02. The molecule has 1 aromatic rings. The predicted octanol–water partition coefficient (Wildman–Crippen LogP) is -0.502. The molecule has 1 rings (SSSR count). The summed E-state index contributed by atoms with van der Waals surface area (Å²) in [5.74, 6) is 0.539. The summed E-state index contributed by atoms with van der Waals surface area (Å²) in [5, 5.41) is 9.46. The van der Waals surface area contributed by atoms with Crippen LogP contribution in [-0.2, 0) is 16.0 Å². The molecule has 0 fully saturated rings. The van der Waals surface area contributed by atoms with Crippen molar-refractivity contribution >= 4 is 5.97 Å². The van der Waals surface area contributed by atoms with Crippen molar-refractivity contribution in [3.63, 3.8) is 0 Å². The minimum Gasteiger partial charge on any atom is -0.468 e. The molecule has 0 aliphatic rings. The zero-order chi connectivity index (χ0) is 10.4. The largest absolute Gasteiger partial charge is 0.468 e. The van der Waals surface area contributed by atoms with Crippen LogP contribution < -0.4 is 5.32 Å². The monoisotopic (exact) mass is 198 g/mol. The Kier molecular flexibility index (Phi) is 4.06. The number of hydrogen-bond donors (Lipinski definition) is 2. The Hall–Kier alpha value is -1.43. The molecule has 2 N–H and O–H groups in total. The van der Waals surface area contributed by atoms with Gasteiger partial charge in [-0.05, 0) is 6.92 Å². The van der Waals surface area contributed by atoms with Gasteiger partial charge < -0.3 is 10.1 Å². The second-order valence-electron chi connectivity index (χ2n) is 2.88. The molecule has 6 nitrogen and oxygen atoms in total. The Balaban J connectivity index is 2.18. The molecule has 6 heteroatoms. The smallest absolute Gasteiger partial charge is 0.322 e. The highest BCUT2D eigenvalue weighted by Crippen LogP contribution is 1.89. The average Bonchev–Trinajstić information content (AvgIpc) is 2.69. The molecule has 1 unspecified atom stereocenters. The third-order valence-electron chi connectivity index (χ3n) is 1.83. The van der Waals surface area contributed by atoms with Gasteiger partial charge in [0.2, 0.25) is 0 Å². The zero-order valence-corrected chi connectivity index (χ0v) is 8.28. The Morgan fingerprint density at radius 3 is 3.14 bits per heavy atom. The number of hydrogen-bond acceptors (Lipinski definition) is 5. The molecule has 0 bridgehead atoms. The maximum absolute atomic E-state index is 11.0. The van der Waals surface area contributed by atoms with Gasteiger partial charge in [0.05, 0.1) is 7.11 Å². The molecule has 0 spiro atoms. The molecule has 0 aliphatic carbocycles. The molecule has 0 aliphatic heterocycles. The first-order valence-corrected chi connectivity index (χ1v) is 4.39. The van der Waals surface area contributed by atoms with Crippen LogP contribution in [0.25, 0.3) is 0 Å². The number of nitrogens with one attached hydrogen (secondary N) is 2. The normalized spacial score (nSPS) is 12.4. The van der Waals surface area contributed by atoms with Crippen molar-refractivity contribution in [2.24, 2.45) is 0 Å². The number of aromatic nitrogens is 3. The Bertz CT molecular complexity index is 273. The van der Waals surface area contributed by atoms with Crippen LogP contribution in [-0.4, -0.2) is 40.8 Å². The first kappa shape index (κ1) is 10.6. The van der Waals surface area contributed by atoms with Crippen molar-refractivity contribution in [1.29, 1.82) is 0 Å². The second-order valence-corrected chi connectivity index (χ2v) is 2.88. The van der Waals surface area contributed by atoms with E-state index in [0.717, 1.165) is 5.82 Å². The number of H-pyrrole nitrogens is 1. The van der Waals surface area contributed by atoms with E-state index in [2.05, 4.69) is 25.2 Å². The minimum atomic E-state index is -0.289. The van der Waals surface area contributed by atoms with E-state index < -0.39 is 0 Å². The molecule has 0 amide bonds. The fraction of sp³-hybridized carbons (Fsp3) is 0.625. The number of esters is 1. The van der Waals surface area contributed by atoms with Gasteiger partial charge in [-0.1, -0.05) is 0 Å². The van der Waals surface area contributed by atoms with Gasteiger partial charge in [0.15, 0.2) is 0 Å². The van der Waals surface area contributed by atoms with Gasteiger partial charge in [-0.3, -0.25) is 9.89 Å². The average molecular weight is 198 g/mol. The molecule has 0 radical (unpaired) electrons. The van der Waals surface area contributed by atoms with E-state index in [4.69, 9.17) is 0 Å². The molecule has 0 saturated heterocycles. The minimum absolute atomic E-state index is 0.262. The summed E-state index contributed by atoms with van der Waals surface area (Å²) in [6.07, 6.45) is 2.17. The summed E-state index contributed by atoms with van der Waals surface area (Å²) in [6.45, 7) is 2.41. The zero-order valence-electron chi connectivity index (χ0n) is 8.28. The third-order valence-corrected chi connectivity index (χ3v) is 1.83. The summed E-state index contributed by atoms with van der Waals surface area (Å²) < 4.78 is 4.56. The molecule has 1 heterocycles. The van der Waals surface area contributed by atoms with Crippen LogP contribution >= 0.6 is 0 Å². The maximum Gasteiger partial charge on any atom is 0.322 e. The van der Waals surface area contributed by atoms with Crippen LogP contribution in [0.15, 0.2) is 6.33 Å². The van der Waals surface area contributed by atoms with Gasteiger partial charge in [-0.2, -0.15) is 5.10 Å². The first-order chi connectivity index (χ1) is 6.74. The van der Waals surface area contributed by atoms with E-state index in [1.165, 1.54) is 13.4 Å². The highest BCUT2D eigenvalue weighted by molar-refractivity contribution is 5.74. The van der Waals surface area contributed by atoms with Crippen molar-refractivity contribution in [3.05, 3.63) is 12.2 Å². The van der Waals surface area contributed by atoms with Crippen molar-refractivity contribution in [3.8, 4) is 0 Å². The van der Waals surface area contributed by atoms with Gasteiger partial charge in [0.25, 0.3) is 0 Å². The van der Waals surface area contributed by atoms with Crippen molar-refractivity contribution in [2.75, 3.05) is 13.7 Å². The number of nitrogens with zero attached hydrogens (tertiary/aromatic N) is 2. The summed E-state index contributed by atoms with van der Waals surface area (Å²) in [7, 11) is 1.37. The number of rotatable bonds is 5. The van der Waals surface area contributed by atoms with E-state index in [9.17, 15) is 4.79 Å². The SMILES string of the molecule is COC(=O)C(C)NCCc1ncn[nH]1. The van der Waals surface area contributed by atoms with E-state index in [-0.39, 0.29) is 12.0 Å². The highest BCUT2D eigenvalue weighted by atomic mass is 16.5. The Morgan fingerprint density at radius 2 is 2.57 bits per heavy atom. The van der Waals surface area contributed by atoms with Gasteiger partial charge in [-0.25, -0.2) is 4.98 Å². The van der Waals surface area contributed by atoms with E-state index in [1.807, 2.05) is 0 Å².